The van der Waals surface area contributed by atoms with Gasteiger partial charge in [0, 0.05) is 40.4 Å². The second-order valence-corrected chi connectivity index (χ2v) is 16.0. The van der Waals surface area contributed by atoms with Crippen molar-refractivity contribution in [2.24, 2.45) is 0 Å². The molecule has 38 heavy (non-hydrogen) atoms. The molecule has 6 rings (SSSR count). The van der Waals surface area contributed by atoms with E-state index >= 15 is 0 Å². The molecule has 0 N–H and O–H groups in total. The first-order valence-electron chi connectivity index (χ1n) is 12.3. The van der Waals surface area contributed by atoms with Crippen LogP contribution < -0.4 is 0 Å². The van der Waals surface area contributed by atoms with E-state index in [4.69, 9.17) is 8.83 Å². The fourth-order valence-electron chi connectivity index (χ4n) is 4.17. The van der Waals surface area contributed by atoms with Crippen LogP contribution in [-0.2, 0) is 5.41 Å². The Kier molecular flexibility index (Phi) is 8.88. The van der Waals surface area contributed by atoms with Crippen molar-refractivity contribution in [3.05, 3.63) is 91.8 Å². The van der Waals surface area contributed by atoms with Crippen LogP contribution in [0.5, 0.6) is 0 Å². The van der Waals surface area contributed by atoms with Gasteiger partial charge >= 0.3 is 0 Å². The normalized spacial score (nSPS) is 11.9. The Labute approximate surface area is 257 Å². The molecule has 6 heteroatoms. The van der Waals surface area contributed by atoms with Crippen LogP contribution in [0.25, 0.3) is 43.9 Å². The summed E-state index contributed by atoms with van der Waals surface area (Å²) in [7, 11) is 0. The van der Waals surface area contributed by atoms with Gasteiger partial charge in [-0.3, -0.25) is 0 Å². The molecule has 0 aliphatic rings. The van der Waals surface area contributed by atoms with Crippen LogP contribution in [0.3, 0.4) is 0 Å². The summed E-state index contributed by atoms with van der Waals surface area (Å²) in [6.07, 6.45) is 0. The lowest BCUT2D eigenvalue weighted by molar-refractivity contribution is 0.573. The van der Waals surface area contributed by atoms with Crippen LogP contribution in [0.15, 0.2) is 95.0 Å². The SMILES string of the molecule is Brc1cccc2c1oc1cccc(Br)c12.CC(C)(C)Br.CC(C)(C)c1cccc2c1oc1cccc(Br)c12. The van der Waals surface area contributed by atoms with Gasteiger partial charge in [-0.2, -0.15) is 0 Å². The highest BCUT2D eigenvalue weighted by Crippen LogP contribution is 2.39. The van der Waals surface area contributed by atoms with Crippen LogP contribution in [-0.4, -0.2) is 4.32 Å². The van der Waals surface area contributed by atoms with Crippen molar-refractivity contribution >= 4 is 108 Å². The van der Waals surface area contributed by atoms with Crippen molar-refractivity contribution in [3.8, 4) is 0 Å². The van der Waals surface area contributed by atoms with Gasteiger partial charge in [-0.15, -0.1) is 0 Å². The maximum Gasteiger partial charge on any atom is 0.149 e. The van der Waals surface area contributed by atoms with Gasteiger partial charge < -0.3 is 8.83 Å². The van der Waals surface area contributed by atoms with Gasteiger partial charge in [-0.25, -0.2) is 0 Å². The van der Waals surface area contributed by atoms with E-state index < -0.39 is 0 Å². The Morgan fingerprint density at radius 1 is 0.526 bits per heavy atom. The number of fused-ring (bicyclic) bond motifs is 6. The molecule has 0 spiro atoms. The number of halogens is 4. The molecule has 2 aromatic heterocycles. The summed E-state index contributed by atoms with van der Waals surface area (Å²) >= 11 is 14.0. The van der Waals surface area contributed by atoms with Gasteiger partial charge in [-0.1, -0.05) is 132 Å². The summed E-state index contributed by atoms with van der Waals surface area (Å²) in [5, 5.41) is 4.61. The zero-order valence-corrected chi connectivity index (χ0v) is 28.6. The van der Waals surface area contributed by atoms with E-state index in [9.17, 15) is 0 Å². The van der Waals surface area contributed by atoms with E-state index in [1.807, 2.05) is 42.5 Å². The van der Waals surface area contributed by atoms with Gasteiger partial charge in [0.25, 0.3) is 0 Å². The molecular formula is C32H30Br4O2. The Bertz CT molecular complexity index is 1720. The Morgan fingerprint density at radius 3 is 1.42 bits per heavy atom. The lowest BCUT2D eigenvalue weighted by Gasteiger charge is -2.18. The molecule has 2 heterocycles. The molecule has 0 aliphatic heterocycles. The Balaban J connectivity index is 0.000000153. The van der Waals surface area contributed by atoms with Crippen molar-refractivity contribution in [3.63, 3.8) is 0 Å². The van der Waals surface area contributed by atoms with Crippen molar-refractivity contribution in [1.29, 1.82) is 0 Å². The molecule has 2 nitrogen and oxygen atoms in total. The smallest absolute Gasteiger partial charge is 0.149 e. The van der Waals surface area contributed by atoms with Gasteiger partial charge in [0.15, 0.2) is 0 Å². The number of hydrogen-bond donors (Lipinski definition) is 0. The highest BCUT2D eigenvalue weighted by atomic mass is 79.9. The summed E-state index contributed by atoms with van der Waals surface area (Å²) in [6.45, 7) is 12.9. The minimum Gasteiger partial charge on any atom is -0.456 e. The summed E-state index contributed by atoms with van der Waals surface area (Å²) in [5.74, 6) is 0. The molecule has 0 aliphatic carbocycles. The first kappa shape index (κ1) is 29.4. The van der Waals surface area contributed by atoms with Crippen LogP contribution >= 0.6 is 63.7 Å². The van der Waals surface area contributed by atoms with Crippen LogP contribution in [0.4, 0.5) is 0 Å². The molecule has 6 aromatic rings. The van der Waals surface area contributed by atoms with Gasteiger partial charge in [0.1, 0.15) is 22.3 Å². The van der Waals surface area contributed by atoms with Crippen molar-refractivity contribution in [2.45, 2.75) is 51.3 Å². The number of furan rings is 2. The average Bonchev–Trinajstić information content (AvgIpc) is 3.38. The van der Waals surface area contributed by atoms with Gasteiger partial charge in [0.05, 0.1) is 4.47 Å². The number of hydrogen-bond acceptors (Lipinski definition) is 2. The quantitative estimate of drug-likeness (QED) is 0.144. The second-order valence-electron chi connectivity index (χ2n) is 11.0. The standard InChI is InChI=1S/C16H15BrO.C12H6Br2O.C4H9Br/c1-16(2,3)11-7-4-6-10-14-12(17)8-5-9-13(14)18-15(10)11;13-8-4-2-6-10-11(8)7-3-1-5-9(14)12(7)15-10;1-4(2,3)5/h4-9H,1-3H3;1-6H;1-3H3. The van der Waals surface area contributed by atoms with Crippen LogP contribution in [0.2, 0.25) is 0 Å². The minimum absolute atomic E-state index is 0.0832. The topological polar surface area (TPSA) is 26.3 Å². The largest absolute Gasteiger partial charge is 0.456 e. The van der Waals surface area contributed by atoms with Gasteiger partial charge in [0.2, 0.25) is 0 Å². The second kappa shape index (κ2) is 11.5. The summed E-state index contributed by atoms with van der Waals surface area (Å²) < 4.78 is 15.3. The third-order valence-electron chi connectivity index (χ3n) is 5.70. The summed E-state index contributed by atoms with van der Waals surface area (Å²) in [6, 6.07) is 24.5. The Hall–Kier alpha value is -1.60. The molecule has 0 fully saturated rings. The third kappa shape index (κ3) is 6.57. The molecular weight excluding hydrogens is 736 g/mol. The van der Waals surface area contributed by atoms with E-state index in [2.05, 4.69) is 136 Å². The zero-order chi connectivity index (χ0) is 27.8. The van der Waals surface area contributed by atoms with E-state index in [-0.39, 0.29) is 5.41 Å². The molecule has 0 unspecified atom stereocenters. The minimum atomic E-state index is 0.0832. The molecule has 4 aromatic carbocycles. The average molecular weight is 766 g/mol. The highest BCUT2D eigenvalue weighted by molar-refractivity contribution is 9.11. The fraction of sp³-hybridized carbons (Fsp3) is 0.250. The number of rotatable bonds is 0. The summed E-state index contributed by atoms with van der Waals surface area (Å²) in [5.41, 5.74) is 5.09. The molecule has 198 valence electrons. The van der Waals surface area contributed by atoms with E-state index in [1.54, 1.807) is 0 Å². The monoisotopic (exact) mass is 762 g/mol. The first-order valence-corrected chi connectivity index (χ1v) is 15.5. The summed E-state index contributed by atoms with van der Waals surface area (Å²) in [4.78, 5) is 0. The predicted octanol–water partition coefficient (Wildman–Crippen LogP) is 12.9. The van der Waals surface area contributed by atoms with E-state index in [0.717, 1.165) is 46.5 Å². The van der Waals surface area contributed by atoms with Crippen molar-refractivity contribution in [1.82, 2.24) is 0 Å². The van der Waals surface area contributed by atoms with E-state index in [1.165, 1.54) is 16.3 Å². The zero-order valence-electron chi connectivity index (χ0n) is 22.3. The lowest BCUT2D eigenvalue weighted by atomic mass is 9.86. The molecule has 0 saturated heterocycles. The van der Waals surface area contributed by atoms with Crippen LogP contribution in [0, 0.1) is 0 Å². The molecule has 0 atom stereocenters. The predicted molar refractivity (Wildman–Crippen MR) is 178 cm³/mol. The van der Waals surface area contributed by atoms with Gasteiger partial charge in [-0.05, 0) is 51.7 Å². The lowest BCUT2D eigenvalue weighted by Crippen LogP contribution is -2.10. The fourth-order valence-corrected chi connectivity index (χ4v) is 5.74. The molecule has 0 amide bonds. The highest BCUT2D eigenvalue weighted by Gasteiger charge is 2.21. The Morgan fingerprint density at radius 2 is 0.921 bits per heavy atom. The van der Waals surface area contributed by atoms with Crippen molar-refractivity contribution in [2.75, 3.05) is 0 Å². The maximum absolute atomic E-state index is 6.06. The molecule has 0 saturated carbocycles. The molecule has 0 bridgehead atoms. The molecule has 0 radical (unpaired) electrons. The third-order valence-corrected chi connectivity index (χ3v) is 7.65. The first-order chi connectivity index (χ1) is 17.8. The number of para-hydroxylation sites is 2. The number of benzene rings is 4. The van der Waals surface area contributed by atoms with Crippen molar-refractivity contribution < 1.29 is 8.83 Å². The van der Waals surface area contributed by atoms with E-state index in [0.29, 0.717) is 4.32 Å². The van der Waals surface area contributed by atoms with Crippen LogP contribution in [0.1, 0.15) is 47.1 Å². The maximum atomic E-state index is 6.06. The number of alkyl halides is 1.